The second-order valence-corrected chi connectivity index (χ2v) is 5.70. The summed E-state index contributed by atoms with van der Waals surface area (Å²) in [4.78, 5) is 12.4. The van der Waals surface area contributed by atoms with Crippen LogP contribution in [0.25, 0.3) is 0 Å². The van der Waals surface area contributed by atoms with Gasteiger partial charge in [-0.1, -0.05) is 12.1 Å². The van der Waals surface area contributed by atoms with Crippen LogP contribution in [-0.2, 0) is 12.8 Å². The van der Waals surface area contributed by atoms with Crippen LogP contribution in [0.15, 0.2) is 30.3 Å². The Bertz CT molecular complexity index is 791. The first kappa shape index (κ1) is 17.1. The molecule has 132 valence electrons. The third-order valence-corrected chi connectivity index (χ3v) is 4.17. The second kappa shape index (κ2) is 7.42. The molecule has 1 heterocycles. The van der Waals surface area contributed by atoms with E-state index in [1.165, 1.54) is 31.9 Å². The predicted octanol–water partition coefficient (Wildman–Crippen LogP) is 2.75. The highest BCUT2D eigenvalue weighted by Crippen LogP contribution is 2.32. The zero-order valence-corrected chi connectivity index (χ0v) is 14.2. The lowest BCUT2D eigenvalue weighted by atomic mass is 10.1. The summed E-state index contributed by atoms with van der Waals surface area (Å²) in [5.41, 5.74) is 2.14. The standard InChI is InChI=1S/C19H20FNO4/c1-23-16-6-4-14(20)17(18(16)24-2)19(22)21-9-7-12-3-5-15-13(11-12)8-10-25-15/h3-6,11H,7-10H2,1-2H3,(H,21,22). The summed E-state index contributed by atoms with van der Waals surface area (Å²) in [6.45, 7) is 1.10. The fourth-order valence-electron chi connectivity index (χ4n) is 2.92. The smallest absolute Gasteiger partial charge is 0.258 e. The van der Waals surface area contributed by atoms with Gasteiger partial charge in [0, 0.05) is 13.0 Å². The molecule has 1 aliphatic heterocycles. The molecule has 0 saturated carbocycles. The molecule has 2 aromatic carbocycles. The van der Waals surface area contributed by atoms with E-state index in [1.54, 1.807) is 0 Å². The number of nitrogens with one attached hydrogen (secondary N) is 1. The number of halogens is 1. The largest absolute Gasteiger partial charge is 0.493 e. The van der Waals surface area contributed by atoms with Crippen molar-refractivity contribution < 1.29 is 23.4 Å². The number of rotatable bonds is 6. The molecule has 5 nitrogen and oxygen atoms in total. The first-order valence-electron chi connectivity index (χ1n) is 8.07. The summed E-state index contributed by atoms with van der Waals surface area (Å²) >= 11 is 0. The minimum atomic E-state index is -0.648. The average molecular weight is 345 g/mol. The van der Waals surface area contributed by atoms with Crippen LogP contribution in [-0.4, -0.2) is 33.3 Å². The van der Waals surface area contributed by atoms with Crippen LogP contribution in [0.3, 0.4) is 0 Å². The maximum absolute atomic E-state index is 14.1. The molecule has 0 aromatic heterocycles. The van der Waals surface area contributed by atoms with E-state index in [-0.39, 0.29) is 11.3 Å². The molecule has 0 unspecified atom stereocenters. The van der Waals surface area contributed by atoms with E-state index in [0.29, 0.717) is 25.3 Å². The molecule has 6 heteroatoms. The van der Waals surface area contributed by atoms with Crippen molar-refractivity contribution in [2.24, 2.45) is 0 Å². The monoisotopic (exact) mass is 345 g/mol. The van der Waals surface area contributed by atoms with E-state index < -0.39 is 11.7 Å². The number of ether oxygens (including phenoxy) is 3. The number of hydrogen-bond acceptors (Lipinski definition) is 4. The number of benzene rings is 2. The quantitative estimate of drug-likeness (QED) is 0.875. The maximum Gasteiger partial charge on any atom is 0.258 e. The Hall–Kier alpha value is -2.76. The summed E-state index contributed by atoms with van der Waals surface area (Å²) in [5.74, 6) is 0.154. The van der Waals surface area contributed by atoms with Gasteiger partial charge in [0.15, 0.2) is 11.5 Å². The van der Waals surface area contributed by atoms with Gasteiger partial charge in [-0.25, -0.2) is 4.39 Å². The minimum absolute atomic E-state index is 0.0923. The molecule has 1 amide bonds. The molecule has 0 spiro atoms. The van der Waals surface area contributed by atoms with Crippen molar-refractivity contribution in [2.45, 2.75) is 12.8 Å². The fraction of sp³-hybridized carbons (Fsp3) is 0.316. The highest BCUT2D eigenvalue weighted by Gasteiger charge is 2.21. The van der Waals surface area contributed by atoms with Gasteiger partial charge in [0.1, 0.15) is 17.1 Å². The van der Waals surface area contributed by atoms with Gasteiger partial charge in [0.2, 0.25) is 0 Å². The van der Waals surface area contributed by atoms with Gasteiger partial charge in [-0.15, -0.1) is 0 Å². The van der Waals surface area contributed by atoms with Gasteiger partial charge < -0.3 is 19.5 Å². The zero-order valence-electron chi connectivity index (χ0n) is 14.2. The number of amides is 1. The summed E-state index contributed by atoms with van der Waals surface area (Å²) in [7, 11) is 2.82. The first-order chi connectivity index (χ1) is 12.1. The number of carbonyl (C=O) groups is 1. The van der Waals surface area contributed by atoms with Gasteiger partial charge >= 0.3 is 0 Å². The van der Waals surface area contributed by atoms with E-state index in [0.717, 1.165) is 17.7 Å². The molecular formula is C19H20FNO4. The zero-order chi connectivity index (χ0) is 17.8. The maximum atomic E-state index is 14.1. The second-order valence-electron chi connectivity index (χ2n) is 5.70. The van der Waals surface area contributed by atoms with Crippen molar-refractivity contribution in [1.82, 2.24) is 5.32 Å². The third-order valence-electron chi connectivity index (χ3n) is 4.17. The molecule has 3 rings (SSSR count). The fourth-order valence-corrected chi connectivity index (χ4v) is 2.92. The van der Waals surface area contributed by atoms with Gasteiger partial charge in [0.25, 0.3) is 5.91 Å². The van der Waals surface area contributed by atoms with Crippen molar-refractivity contribution in [3.05, 3.63) is 52.8 Å². The van der Waals surface area contributed by atoms with Gasteiger partial charge in [-0.3, -0.25) is 4.79 Å². The van der Waals surface area contributed by atoms with Crippen LogP contribution in [0.2, 0.25) is 0 Å². The molecule has 0 aliphatic carbocycles. The highest BCUT2D eigenvalue weighted by molar-refractivity contribution is 5.98. The lowest BCUT2D eigenvalue weighted by Crippen LogP contribution is -2.27. The van der Waals surface area contributed by atoms with Gasteiger partial charge in [-0.2, -0.15) is 0 Å². The molecule has 2 aromatic rings. The number of fused-ring (bicyclic) bond motifs is 1. The molecule has 0 radical (unpaired) electrons. The normalized spacial score (nSPS) is 12.3. The molecule has 0 atom stereocenters. The van der Waals surface area contributed by atoms with Crippen molar-refractivity contribution in [3.63, 3.8) is 0 Å². The van der Waals surface area contributed by atoms with Crippen LogP contribution in [0.5, 0.6) is 17.2 Å². The number of methoxy groups -OCH3 is 2. The van der Waals surface area contributed by atoms with Crippen LogP contribution in [0, 0.1) is 5.82 Å². The molecule has 1 N–H and O–H groups in total. The summed E-state index contributed by atoms with van der Waals surface area (Å²) in [6, 6.07) is 8.63. The SMILES string of the molecule is COc1ccc(F)c(C(=O)NCCc2ccc3c(c2)CCO3)c1OC. The Morgan fingerprint density at radius 3 is 2.84 bits per heavy atom. The summed E-state index contributed by atoms with van der Waals surface area (Å²) in [5, 5.41) is 2.74. The van der Waals surface area contributed by atoms with E-state index >= 15 is 0 Å². The van der Waals surface area contributed by atoms with E-state index in [1.807, 2.05) is 12.1 Å². The minimum Gasteiger partial charge on any atom is -0.493 e. The van der Waals surface area contributed by atoms with Crippen molar-refractivity contribution in [2.75, 3.05) is 27.4 Å². The van der Waals surface area contributed by atoms with Crippen LogP contribution in [0.1, 0.15) is 21.5 Å². The summed E-state index contributed by atoms with van der Waals surface area (Å²) in [6.07, 6.45) is 1.55. The van der Waals surface area contributed by atoms with Crippen LogP contribution < -0.4 is 19.5 Å². The third kappa shape index (κ3) is 3.52. The molecule has 25 heavy (non-hydrogen) atoms. The van der Waals surface area contributed by atoms with E-state index in [9.17, 15) is 9.18 Å². The van der Waals surface area contributed by atoms with Crippen LogP contribution in [0.4, 0.5) is 4.39 Å². The lowest BCUT2D eigenvalue weighted by Gasteiger charge is -2.13. The molecule has 0 fully saturated rings. The Balaban J connectivity index is 1.67. The van der Waals surface area contributed by atoms with Crippen molar-refractivity contribution in [3.8, 4) is 17.2 Å². The topological polar surface area (TPSA) is 56.8 Å². The number of hydrogen-bond donors (Lipinski definition) is 1. The Kier molecular flexibility index (Phi) is 5.07. The summed E-state index contributed by atoms with van der Waals surface area (Å²) < 4.78 is 29.8. The highest BCUT2D eigenvalue weighted by atomic mass is 19.1. The molecule has 0 bridgehead atoms. The Morgan fingerprint density at radius 2 is 2.08 bits per heavy atom. The molecule has 0 saturated heterocycles. The van der Waals surface area contributed by atoms with Gasteiger partial charge in [0.05, 0.1) is 20.8 Å². The van der Waals surface area contributed by atoms with Crippen LogP contribution >= 0.6 is 0 Å². The van der Waals surface area contributed by atoms with Crippen molar-refractivity contribution >= 4 is 5.91 Å². The van der Waals surface area contributed by atoms with E-state index in [4.69, 9.17) is 14.2 Å². The Morgan fingerprint density at radius 1 is 1.24 bits per heavy atom. The Labute approximate surface area is 145 Å². The molecular weight excluding hydrogens is 325 g/mol. The van der Waals surface area contributed by atoms with E-state index in [2.05, 4.69) is 11.4 Å². The first-order valence-corrected chi connectivity index (χ1v) is 8.07. The van der Waals surface area contributed by atoms with Gasteiger partial charge in [-0.05, 0) is 35.7 Å². The predicted molar refractivity (Wildman–Crippen MR) is 91.2 cm³/mol. The molecule has 1 aliphatic rings. The number of carbonyl (C=O) groups excluding carboxylic acids is 1. The van der Waals surface area contributed by atoms with Crippen molar-refractivity contribution in [1.29, 1.82) is 0 Å². The lowest BCUT2D eigenvalue weighted by molar-refractivity contribution is 0.0946. The average Bonchev–Trinajstić information content (AvgIpc) is 3.08.